The van der Waals surface area contributed by atoms with Crippen LogP contribution in [0.25, 0.3) is 22.6 Å². The van der Waals surface area contributed by atoms with E-state index in [-0.39, 0.29) is 34.8 Å². The summed E-state index contributed by atoms with van der Waals surface area (Å²) in [5, 5.41) is 8.25. The molecule has 0 saturated heterocycles. The van der Waals surface area contributed by atoms with Crippen LogP contribution in [-0.2, 0) is 16.6 Å². The number of fused-ring (bicyclic) bond motifs is 1. The number of primary sulfonamides is 1. The summed E-state index contributed by atoms with van der Waals surface area (Å²) in [6, 6.07) is 5.95. The van der Waals surface area contributed by atoms with Gasteiger partial charge in [-0.25, -0.2) is 38.5 Å². The minimum atomic E-state index is -3.78. The van der Waals surface area contributed by atoms with Gasteiger partial charge in [0.25, 0.3) is 5.56 Å². The van der Waals surface area contributed by atoms with Gasteiger partial charge in [-0.05, 0) is 50.8 Å². The minimum Gasteiger partial charge on any atom is -0.368 e. The molecule has 198 valence electrons. The number of nitrogen functional groups attached to an aromatic ring is 1. The highest BCUT2D eigenvalue weighted by Crippen LogP contribution is 2.43. The molecule has 12 nitrogen and oxygen atoms in total. The standard InChI is InChI=1S/C25H29N9O3S/c1-4-13(2)34-23-18(12-29-21(33-23)19-14(3)30-25(26)32-20(19)16-7-8-16)31-22(24(34)35)28-11-15-5-9-17(10-6-15)38(27,36)37/h5-6,9-10,12-13,16H,4,7-8,11H2,1-3H3,(H,28,31)(H2,26,30,32)(H2,27,36,37). The van der Waals surface area contributed by atoms with Gasteiger partial charge in [-0.3, -0.25) is 9.36 Å². The van der Waals surface area contributed by atoms with Crippen molar-refractivity contribution in [2.75, 3.05) is 11.1 Å². The van der Waals surface area contributed by atoms with E-state index in [1.807, 2.05) is 20.8 Å². The molecule has 1 aliphatic rings. The fourth-order valence-corrected chi connectivity index (χ4v) is 4.87. The lowest BCUT2D eigenvalue weighted by atomic mass is 10.1. The quantitative estimate of drug-likeness (QED) is 0.303. The topological polar surface area (TPSA) is 185 Å². The summed E-state index contributed by atoms with van der Waals surface area (Å²) in [5.74, 6) is 1.11. The van der Waals surface area contributed by atoms with Gasteiger partial charge in [0.1, 0.15) is 5.52 Å². The van der Waals surface area contributed by atoms with Crippen molar-refractivity contribution >= 4 is 33.0 Å². The van der Waals surface area contributed by atoms with Crippen LogP contribution in [-0.4, -0.2) is 37.9 Å². The first-order chi connectivity index (χ1) is 18.1. The van der Waals surface area contributed by atoms with Crippen LogP contribution in [0.15, 0.2) is 40.2 Å². The Balaban J connectivity index is 1.56. The second-order valence-electron chi connectivity index (χ2n) is 9.54. The van der Waals surface area contributed by atoms with Crippen LogP contribution in [0, 0.1) is 6.92 Å². The molecule has 13 heteroatoms. The Kier molecular flexibility index (Phi) is 6.57. The summed E-state index contributed by atoms with van der Waals surface area (Å²) in [7, 11) is -3.78. The van der Waals surface area contributed by atoms with Crippen molar-refractivity contribution in [1.82, 2.24) is 29.5 Å². The molecule has 0 spiro atoms. The number of sulfonamides is 1. The predicted octanol–water partition coefficient (Wildman–Crippen LogP) is 2.64. The molecule has 1 fully saturated rings. The van der Waals surface area contributed by atoms with E-state index in [0.29, 0.717) is 35.0 Å². The first-order valence-corrected chi connectivity index (χ1v) is 13.9. The van der Waals surface area contributed by atoms with Crippen molar-refractivity contribution in [3.05, 3.63) is 57.8 Å². The number of nitrogens with two attached hydrogens (primary N) is 2. The third kappa shape index (κ3) is 4.94. The maximum atomic E-state index is 13.6. The number of aromatic nitrogens is 6. The predicted molar refractivity (Wildman–Crippen MR) is 144 cm³/mol. The average Bonchev–Trinajstić information content (AvgIpc) is 3.72. The molecule has 0 bridgehead atoms. The van der Waals surface area contributed by atoms with Gasteiger partial charge in [0.15, 0.2) is 17.3 Å². The number of benzene rings is 1. The van der Waals surface area contributed by atoms with Gasteiger partial charge in [-0.1, -0.05) is 19.1 Å². The molecule has 1 saturated carbocycles. The van der Waals surface area contributed by atoms with E-state index < -0.39 is 10.0 Å². The van der Waals surface area contributed by atoms with Crippen molar-refractivity contribution in [2.24, 2.45) is 5.14 Å². The average molecular weight is 536 g/mol. The van der Waals surface area contributed by atoms with E-state index in [0.717, 1.165) is 29.7 Å². The third-order valence-corrected chi connectivity index (χ3v) is 7.63. The number of rotatable bonds is 8. The Hall–Kier alpha value is -3.97. The van der Waals surface area contributed by atoms with Gasteiger partial charge < -0.3 is 11.1 Å². The molecule has 3 heterocycles. The number of nitrogens with zero attached hydrogens (tertiary/aromatic N) is 6. The highest BCUT2D eigenvalue weighted by Gasteiger charge is 2.31. The third-order valence-electron chi connectivity index (χ3n) is 6.70. The molecular weight excluding hydrogens is 506 g/mol. The van der Waals surface area contributed by atoms with Crippen LogP contribution in [0.5, 0.6) is 0 Å². The summed E-state index contributed by atoms with van der Waals surface area (Å²) in [6.45, 7) is 6.06. The minimum absolute atomic E-state index is 0.0174. The van der Waals surface area contributed by atoms with Crippen molar-refractivity contribution < 1.29 is 8.42 Å². The smallest absolute Gasteiger partial charge is 0.295 e. The maximum absolute atomic E-state index is 13.6. The molecule has 5 N–H and O–H groups in total. The molecule has 1 aliphatic carbocycles. The second-order valence-corrected chi connectivity index (χ2v) is 11.1. The van der Waals surface area contributed by atoms with Gasteiger partial charge in [-0.15, -0.1) is 0 Å². The lowest BCUT2D eigenvalue weighted by Gasteiger charge is -2.18. The van der Waals surface area contributed by atoms with Crippen molar-refractivity contribution in [3.8, 4) is 11.4 Å². The summed E-state index contributed by atoms with van der Waals surface area (Å²) < 4.78 is 24.6. The van der Waals surface area contributed by atoms with E-state index >= 15 is 0 Å². The molecule has 0 amide bonds. The van der Waals surface area contributed by atoms with Gasteiger partial charge in [0.05, 0.1) is 28.0 Å². The van der Waals surface area contributed by atoms with Crippen LogP contribution >= 0.6 is 0 Å². The summed E-state index contributed by atoms with van der Waals surface area (Å²) in [4.78, 5) is 36.3. The lowest BCUT2D eigenvalue weighted by Crippen LogP contribution is -2.28. The monoisotopic (exact) mass is 535 g/mol. The fourth-order valence-electron chi connectivity index (χ4n) is 4.36. The number of hydrogen-bond donors (Lipinski definition) is 3. The molecule has 1 atom stereocenters. The van der Waals surface area contributed by atoms with Crippen LogP contribution < -0.4 is 21.7 Å². The molecule has 0 aliphatic heterocycles. The summed E-state index contributed by atoms with van der Waals surface area (Å²) in [6.07, 6.45) is 4.35. The molecular formula is C25H29N9O3S. The Labute approximate surface area is 219 Å². The number of aryl methyl sites for hydroxylation is 1. The normalized spacial score (nSPS) is 14.5. The first kappa shape index (κ1) is 25.7. The van der Waals surface area contributed by atoms with E-state index in [4.69, 9.17) is 15.9 Å². The molecule has 3 aromatic heterocycles. The SMILES string of the molecule is CCC(C)n1c(=O)c(NCc2ccc(S(N)(=O)=O)cc2)nc2cnc(-c3c(C)nc(N)nc3C3CC3)nc21. The number of nitrogens with one attached hydrogen (secondary N) is 1. The zero-order valence-corrected chi connectivity index (χ0v) is 22.2. The molecule has 5 rings (SSSR count). The zero-order chi connectivity index (χ0) is 27.2. The number of anilines is 2. The Morgan fingerprint density at radius 3 is 2.47 bits per heavy atom. The summed E-state index contributed by atoms with van der Waals surface area (Å²) >= 11 is 0. The highest BCUT2D eigenvalue weighted by molar-refractivity contribution is 7.89. The Bertz CT molecular complexity index is 1700. The molecule has 1 aromatic carbocycles. The highest BCUT2D eigenvalue weighted by atomic mass is 32.2. The first-order valence-electron chi connectivity index (χ1n) is 12.4. The van der Waals surface area contributed by atoms with E-state index in [9.17, 15) is 13.2 Å². The summed E-state index contributed by atoms with van der Waals surface area (Å²) in [5.41, 5.74) is 9.53. The maximum Gasteiger partial charge on any atom is 0.295 e. The number of hydrogen-bond acceptors (Lipinski definition) is 10. The van der Waals surface area contributed by atoms with E-state index in [2.05, 4.69) is 25.3 Å². The van der Waals surface area contributed by atoms with Crippen LogP contribution in [0.1, 0.15) is 62.0 Å². The lowest BCUT2D eigenvalue weighted by molar-refractivity contribution is 0.526. The van der Waals surface area contributed by atoms with Gasteiger partial charge in [-0.2, -0.15) is 0 Å². The van der Waals surface area contributed by atoms with Crippen LogP contribution in [0.3, 0.4) is 0 Å². The molecule has 4 aromatic rings. The fraction of sp³-hybridized carbons (Fsp3) is 0.360. The molecule has 1 unspecified atom stereocenters. The van der Waals surface area contributed by atoms with Gasteiger partial charge >= 0.3 is 0 Å². The van der Waals surface area contributed by atoms with E-state index in [1.54, 1.807) is 22.9 Å². The van der Waals surface area contributed by atoms with Crippen molar-refractivity contribution in [3.63, 3.8) is 0 Å². The van der Waals surface area contributed by atoms with Crippen molar-refractivity contribution in [1.29, 1.82) is 0 Å². The van der Waals surface area contributed by atoms with Crippen LogP contribution in [0.4, 0.5) is 11.8 Å². The Morgan fingerprint density at radius 2 is 1.84 bits per heavy atom. The van der Waals surface area contributed by atoms with Gasteiger partial charge in [0, 0.05) is 18.5 Å². The van der Waals surface area contributed by atoms with Crippen LogP contribution in [0.2, 0.25) is 0 Å². The largest absolute Gasteiger partial charge is 0.368 e. The van der Waals surface area contributed by atoms with Crippen molar-refractivity contribution in [2.45, 2.75) is 63.4 Å². The Morgan fingerprint density at radius 1 is 1.13 bits per heavy atom. The zero-order valence-electron chi connectivity index (χ0n) is 21.3. The molecule has 38 heavy (non-hydrogen) atoms. The molecule has 0 radical (unpaired) electrons. The van der Waals surface area contributed by atoms with Gasteiger partial charge in [0.2, 0.25) is 16.0 Å². The second kappa shape index (κ2) is 9.72. The van der Waals surface area contributed by atoms with E-state index in [1.165, 1.54) is 12.1 Å².